The Balaban J connectivity index is 1.92. The van der Waals surface area contributed by atoms with Crippen LogP contribution in [0.4, 0.5) is 13.2 Å². The standard InChI is InChI=1S/C20H28F3N3O2/c1-20(2,3)19(28)25-11-14-5-4-6-26(14)18(27)9-13(24)7-12-8-16(22)17(23)10-15(12)21/h8,10,13-14H,4-7,9,11,24H2,1-3H3,(H,25,28)/t13-,14?/m1/s1. The molecule has 1 aromatic carbocycles. The first-order valence-corrected chi connectivity index (χ1v) is 9.45. The van der Waals surface area contributed by atoms with Crippen LogP contribution >= 0.6 is 0 Å². The number of rotatable bonds is 6. The third kappa shape index (κ3) is 5.70. The summed E-state index contributed by atoms with van der Waals surface area (Å²) in [5, 5.41) is 2.87. The van der Waals surface area contributed by atoms with E-state index in [0.29, 0.717) is 19.2 Å². The van der Waals surface area contributed by atoms with Crippen LogP contribution < -0.4 is 11.1 Å². The number of nitrogens with zero attached hydrogens (tertiary/aromatic N) is 1. The van der Waals surface area contributed by atoms with Gasteiger partial charge < -0.3 is 16.0 Å². The molecule has 0 aromatic heterocycles. The SMILES string of the molecule is CC(C)(C)C(=O)NCC1CCCN1C(=O)C[C@H](N)Cc1cc(F)c(F)cc1F. The van der Waals surface area contributed by atoms with Crippen LogP contribution in [0.2, 0.25) is 0 Å². The Morgan fingerprint density at radius 1 is 1.21 bits per heavy atom. The molecule has 2 rings (SSSR count). The minimum atomic E-state index is -1.26. The molecule has 0 spiro atoms. The molecule has 2 amide bonds. The van der Waals surface area contributed by atoms with Crippen LogP contribution in [0, 0.1) is 22.9 Å². The van der Waals surface area contributed by atoms with Crippen molar-refractivity contribution in [1.29, 1.82) is 0 Å². The smallest absolute Gasteiger partial charge is 0.225 e. The van der Waals surface area contributed by atoms with Crippen molar-refractivity contribution in [1.82, 2.24) is 10.2 Å². The largest absolute Gasteiger partial charge is 0.354 e. The summed E-state index contributed by atoms with van der Waals surface area (Å²) in [4.78, 5) is 26.3. The molecule has 3 N–H and O–H groups in total. The van der Waals surface area contributed by atoms with E-state index in [1.807, 2.05) is 20.8 Å². The van der Waals surface area contributed by atoms with Gasteiger partial charge in [0, 0.05) is 43.1 Å². The van der Waals surface area contributed by atoms with Gasteiger partial charge in [0.25, 0.3) is 0 Å². The van der Waals surface area contributed by atoms with Crippen molar-refractivity contribution in [2.24, 2.45) is 11.1 Å². The summed E-state index contributed by atoms with van der Waals surface area (Å²) in [6.07, 6.45) is 1.49. The molecule has 0 aliphatic carbocycles. The van der Waals surface area contributed by atoms with Gasteiger partial charge in [-0.2, -0.15) is 0 Å². The second-order valence-corrected chi connectivity index (χ2v) is 8.37. The monoisotopic (exact) mass is 399 g/mol. The predicted molar refractivity (Wildman–Crippen MR) is 99.8 cm³/mol. The number of nitrogens with two attached hydrogens (primary N) is 1. The van der Waals surface area contributed by atoms with Crippen LogP contribution in [-0.4, -0.2) is 41.9 Å². The fourth-order valence-corrected chi connectivity index (χ4v) is 3.27. The first kappa shape index (κ1) is 22.2. The zero-order valence-corrected chi connectivity index (χ0v) is 16.5. The van der Waals surface area contributed by atoms with E-state index in [1.54, 1.807) is 4.90 Å². The molecule has 156 valence electrons. The molecular formula is C20H28F3N3O2. The Bertz CT molecular complexity index is 734. The van der Waals surface area contributed by atoms with Crippen LogP contribution in [-0.2, 0) is 16.0 Å². The summed E-state index contributed by atoms with van der Waals surface area (Å²) in [5.74, 6) is -3.57. The van der Waals surface area contributed by atoms with Crippen molar-refractivity contribution < 1.29 is 22.8 Å². The lowest BCUT2D eigenvalue weighted by Gasteiger charge is -2.27. The van der Waals surface area contributed by atoms with Gasteiger partial charge in [-0.1, -0.05) is 20.8 Å². The van der Waals surface area contributed by atoms with E-state index in [4.69, 9.17) is 5.73 Å². The van der Waals surface area contributed by atoms with Crippen molar-refractivity contribution in [2.75, 3.05) is 13.1 Å². The summed E-state index contributed by atoms with van der Waals surface area (Å²) < 4.78 is 40.1. The first-order chi connectivity index (χ1) is 13.0. The van der Waals surface area contributed by atoms with Gasteiger partial charge in [-0.05, 0) is 30.9 Å². The third-order valence-electron chi connectivity index (χ3n) is 4.89. The summed E-state index contributed by atoms with van der Waals surface area (Å²) in [6.45, 7) is 6.39. The highest BCUT2D eigenvalue weighted by atomic mass is 19.2. The van der Waals surface area contributed by atoms with E-state index in [1.165, 1.54) is 0 Å². The van der Waals surface area contributed by atoms with Crippen LogP contribution in [0.3, 0.4) is 0 Å². The molecule has 1 fully saturated rings. The van der Waals surface area contributed by atoms with E-state index in [9.17, 15) is 22.8 Å². The quantitative estimate of drug-likeness (QED) is 0.722. The Hall–Kier alpha value is -2.09. The summed E-state index contributed by atoms with van der Waals surface area (Å²) in [6, 6.07) is 0.423. The van der Waals surface area contributed by atoms with Crippen LogP contribution in [0.25, 0.3) is 0 Å². The molecule has 28 heavy (non-hydrogen) atoms. The molecule has 5 nitrogen and oxygen atoms in total. The van der Waals surface area contributed by atoms with E-state index < -0.39 is 28.9 Å². The van der Waals surface area contributed by atoms with E-state index in [-0.39, 0.29) is 36.3 Å². The summed E-state index contributed by atoms with van der Waals surface area (Å²) in [7, 11) is 0. The Morgan fingerprint density at radius 3 is 2.50 bits per heavy atom. The number of hydrogen-bond donors (Lipinski definition) is 2. The topological polar surface area (TPSA) is 75.4 Å². The van der Waals surface area contributed by atoms with Crippen LogP contribution in [0.1, 0.15) is 45.6 Å². The normalized spacial score (nSPS) is 18.2. The van der Waals surface area contributed by atoms with Crippen molar-refractivity contribution in [3.8, 4) is 0 Å². The molecule has 1 heterocycles. The van der Waals surface area contributed by atoms with Gasteiger partial charge in [0.2, 0.25) is 11.8 Å². The van der Waals surface area contributed by atoms with Crippen LogP contribution in [0.15, 0.2) is 12.1 Å². The second kappa shape index (κ2) is 8.94. The maximum absolute atomic E-state index is 13.8. The fourth-order valence-electron chi connectivity index (χ4n) is 3.27. The van der Waals surface area contributed by atoms with E-state index in [2.05, 4.69) is 5.32 Å². The Morgan fingerprint density at radius 2 is 1.86 bits per heavy atom. The average molecular weight is 399 g/mol. The number of nitrogens with one attached hydrogen (secondary N) is 1. The highest BCUT2D eigenvalue weighted by molar-refractivity contribution is 5.81. The summed E-state index contributed by atoms with van der Waals surface area (Å²) >= 11 is 0. The zero-order valence-electron chi connectivity index (χ0n) is 16.5. The average Bonchev–Trinajstić information content (AvgIpc) is 3.05. The lowest BCUT2D eigenvalue weighted by Crippen LogP contribution is -2.46. The molecule has 0 bridgehead atoms. The molecule has 0 radical (unpaired) electrons. The first-order valence-electron chi connectivity index (χ1n) is 9.45. The Labute approximate surface area is 163 Å². The maximum Gasteiger partial charge on any atom is 0.225 e. The minimum absolute atomic E-state index is 0.0395. The molecular weight excluding hydrogens is 371 g/mol. The molecule has 1 unspecified atom stereocenters. The number of likely N-dealkylation sites (tertiary alicyclic amines) is 1. The third-order valence-corrected chi connectivity index (χ3v) is 4.89. The number of amides is 2. The van der Waals surface area contributed by atoms with Crippen molar-refractivity contribution in [3.63, 3.8) is 0 Å². The van der Waals surface area contributed by atoms with Crippen molar-refractivity contribution >= 4 is 11.8 Å². The van der Waals surface area contributed by atoms with E-state index in [0.717, 1.165) is 18.9 Å². The van der Waals surface area contributed by atoms with Gasteiger partial charge in [0.15, 0.2) is 11.6 Å². The van der Waals surface area contributed by atoms with Gasteiger partial charge in [-0.15, -0.1) is 0 Å². The molecule has 0 saturated carbocycles. The molecule has 1 aliphatic heterocycles. The van der Waals surface area contributed by atoms with Gasteiger partial charge in [-0.3, -0.25) is 9.59 Å². The number of carbonyl (C=O) groups is 2. The van der Waals surface area contributed by atoms with Crippen molar-refractivity contribution in [2.45, 2.75) is 58.5 Å². The van der Waals surface area contributed by atoms with Gasteiger partial charge in [-0.25, -0.2) is 13.2 Å². The Kier molecular flexibility index (Phi) is 7.09. The molecule has 1 aromatic rings. The minimum Gasteiger partial charge on any atom is -0.354 e. The molecule has 1 saturated heterocycles. The molecule has 2 atom stereocenters. The van der Waals surface area contributed by atoms with E-state index >= 15 is 0 Å². The summed E-state index contributed by atoms with van der Waals surface area (Å²) in [5.41, 5.74) is 5.39. The van der Waals surface area contributed by atoms with Gasteiger partial charge in [0.05, 0.1) is 0 Å². The fraction of sp³-hybridized carbons (Fsp3) is 0.600. The molecule has 8 heteroatoms. The van der Waals surface area contributed by atoms with Gasteiger partial charge >= 0.3 is 0 Å². The van der Waals surface area contributed by atoms with Gasteiger partial charge in [0.1, 0.15) is 5.82 Å². The zero-order chi connectivity index (χ0) is 21.1. The lowest BCUT2D eigenvalue weighted by molar-refractivity contribution is -0.134. The lowest BCUT2D eigenvalue weighted by atomic mass is 9.95. The number of carbonyl (C=O) groups excluding carboxylic acids is 2. The number of hydrogen-bond acceptors (Lipinski definition) is 3. The number of halogens is 3. The second-order valence-electron chi connectivity index (χ2n) is 8.37. The number of benzene rings is 1. The highest BCUT2D eigenvalue weighted by Crippen LogP contribution is 2.21. The highest BCUT2D eigenvalue weighted by Gasteiger charge is 2.31. The predicted octanol–water partition coefficient (Wildman–Crippen LogP) is 2.52. The van der Waals surface area contributed by atoms with Crippen molar-refractivity contribution in [3.05, 3.63) is 35.1 Å². The maximum atomic E-state index is 13.8. The van der Waals surface area contributed by atoms with Crippen LogP contribution in [0.5, 0.6) is 0 Å². The molecule has 1 aliphatic rings.